The fraction of sp³-hybridized carbons (Fsp3) is 0.154. The lowest BCUT2D eigenvalue weighted by molar-refractivity contribution is 0.0603. The molecule has 0 N–H and O–H groups in total. The van der Waals surface area contributed by atoms with Crippen LogP contribution in [0.3, 0.4) is 0 Å². The molecule has 0 spiro atoms. The summed E-state index contributed by atoms with van der Waals surface area (Å²) >= 11 is 4.72. The molecule has 0 fully saturated rings. The summed E-state index contributed by atoms with van der Waals surface area (Å²) in [6.45, 7) is 1.89. The first kappa shape index (κ1) is 13.1. The number of ether oxygens (including phenoxy) is 2. The highest BCUT2D eigenvalue weighted by Crippen LogP contribution is 2.41. The Morgan fingerprint density at radius 2 is 1.94 bits per heavy atom. The van der Waals surface area contributed by atoms with Gasteiger partial charge in [0.15, 0.2) is 10.6 Å². The van der Waals surface area contributed by atoms with E-state index in [1.54, 1.807) is 0 Å². The molecule has 1 aromatic carbocycles. The quantitative estimate of drug-likeness (QED) is 0.784. The molecule has 0 unspecified atom stereocenters. The molecule has 0 saturated carbocycles. The van der Waals surface area contributed by atoms with Gasteiger partial charge in [0.25, 0.3) is 0 Å². The van der Waals surface area contributed by atoms with Gasteiger partial charge >= 0.3 is 5.97 Å². The Bertz CT molecular complexity index is 563. The van der Waals surface area contributed by atoms with Crippen molar-refractivity contribution in [2.24, 2.45) is 0 Å². The Morgan fingerprint density at radius 1 is 1.28 bits per heavy atom. The average molecular weight is 327 g/mol. The molecular formula is C13H11BrO3S. The summed E-state index contributed by atoms with van der Waals surface area (Å²) in [6, 6.07) is 9.34. The van der Waals surface area contributed by atoms with Crippen molar-refractivity contribution in [3.8, 4) is 11.5 Å². The van der Waals surface area contributed by atoms with Gasteiger partial charge < -0.3 is 9.47 Å². The molecule has 2 rings (SSSR count). The lowest BCUT2D eigenvalue weighted by Gasteiger charge is -2.07. The summed E-state index contributed by atoms with van der Waals surface area (Å²) < 4.78 is 11.4. The second kappa shape index (κ2) is 5.54. The minimum Gasteiger partial charge on any atom is -0.465 e. The first-order valence-corrected chi connectivity index (χ1v) is 6.84. The number of hydrogen-bond acceptors (Lipinski definition) is 4. The fourth-order valence-electron chi connectivity index (χ4n) is 1.43. The molecule has 0 aliphatic heterocycles. The summed E-state index contributed by atoms with van der Waals surface area (Å²) in [5.74, 6) is 0.848. The molecule has 0 aliphatic carbocycles. The Balaban J connectivity index is 2.40. The summed E-state index contributed by atoms with van der Waals surface area (Å²) in [5.41, 5.74) is 0.893. The van der Waals surface area contributed by atoms with Gasteiger partial charge in [-0.25, -0.2) is 4.79 Å². The van der Waals surface area contributed by atoms with Gasteiger partial charge in [0, 0.05) is 5.56 Å². The van der Waals surface area contributed by atoms with E-state index in [4.69, 9.17) is 9.47 Å². The zero-order chi connectivity index (χ0) is 13.1. The number of esters is 1. The van der Waals surface area contributed by atoms with E-state index >= 15 is 0 Å². The summed E-state index contributed by atoms with van der Waals surface area (Å²) in [5, 5.41) is 0. The molecule has 0 aliphatic rings. The zero-order valence-corrected chi connectivity index (χ0v) is 12.3. The van der Waals surface area contributed by atoms with E-state index in [1.807, 2.05) is 37.3 Å². The van der Waals surface area contributed by atoms with E-state index in [0.717, 1.165) is 9.35 Å². The second-order valence-corrected chi connectivity index (χ2v) is 5.90. The van der Waals surface area contributed by atoms with E-state index in [-0.39, 0.29) is 5.97 Å². The van der Waals surface area contributed by atoms with Crippen molar-refractivity contribution in [3.05, 3.63) is 44.6 Å². The van der Waals surface area contributed by atoms with Gasteiger partial charge in [0.2, 0.25) is 0 Å². The highest BCUT2D eigenvalue weighted by atomic mass is 79.9. The molecular weight excluding hydrogens is 316 g/mol. The van der Waals surface area contributed by atoms with Gasteiger partial charge in [0.05, 0.1) is 10.9 Å². The largest absolute Gasteiger partial charge is 0.465 e. The van der Waals surface area contributed by atoms with Crippen molar-refractivity contribution in [2.75, 3.05) is 7.11 Å². The third kappa shape index (κ3) is 2.57. The number of methoxy groups -OCH3 is 1. The van der Waals surface area contributed by atoms with Crippen LogP contribution < -0.4 is 4.74 Å². The average Bonchev–Trinajstić information content (AvgIpc) is 2.67. The molecule has 94 valence electrons. The van der Waals surface area contributed by atoms with E-state index in [2.05, 4.69) is 15.9 Å². The monoisotopic (exact) mass is 326 g/mol. The molecule has 18 heavy (non-hydrogen) atoms. The summed E-state index contributed by atoms with van der Waals surface area (Å²) in [7, 11) is 1.36. The van der Waals surface area contributed by atoms with Gasteiger partial charge in [-0.1, -0.05) is 18.2 Å². The lowest BCUT2D eigenvalue weighted by Crippen LogP contribution is -2.00. The van der Waals surface area contributed by atoms with Crippen LogP contribution in [0.15, 0.2) is 34.1 Å². The Hall–Kier alpha value is -1.33. The number of thiophene rings is 1. The standard InChI is InChI=1S/C13H11BrO3S/c1-8-10(17-9-6-4-3-5-7-9)11(13(15)16-2)18-12(8)14/h3-7H,1-2H3. The number of hydrogen-bond donors (Lipinski definition) is 0. The van der Waals surface area contributed by atoms with Crippen LogP contribution in [0.25, 0.3) is 0 Å². The Kier molecular flexibility index (Phi) is 4.04. The highest BCUT2D eigenvalue weighted by Gasteiger charge is 2.22. The number of carbonyl (C=O) groups excluding carboxylic acids is 1. The van der Waals surface area contributed by atoms with Crippen molar-refractivity contribution in [1.29, 1.82) is 0 Å². The van der Waals surface area contributed by atoms with Crippen molar-refractivity contribution in [3.63, 3.8) is 0 Å². The first-order chi connectivity index (χ1) is 8.63. The van der Waals surface area contributed by atoms with Crippen LogP contribution in [0.2, 0.25) is 0 Å². The number of halogens is 1. The number of para-hydroxylation sites is 1. The van der Waals surface area contributed by atoms with Gasteiger partial charge in [-0.15, -0.1) is 11.3 Å². The summed E-state index contributed by atoms with van der Waals surface area (Å²) in [6.07, 6.45) is 0. The van der Waals surface area contributed by atoms with Crippen molar-refractivity contribution in [1.82, 2.24) is 0 Å². The minimum atomic E-state index is -0.389. The molecule has 3 nitrogen and oxygen atoms in total. The van der Waals surface area contributed by atoms with E-state index in [1.165, 1.54) is 18.4 Å². The van der Waals surface area contributed by atoms with Crippen LogP contribution in [0.5, 0.6) is 11.5 Å². The van der Waals surface area contributed by atoms with E-state index in [9.17, 15) is 4.79 Å². The van der Waals surface area contributed by atoms with Crippen LogP contribution in [0, 0.1) is 6.92 Å². The maximum absolute atomic E-state index is 11.7. The molecule has 1 heterocycles. The van der Waals surface area contributed by atoms with Crippen molar-refractivity contribution < 1.29 is 14.3 Å². The second-order valence-electron chi connectivity index (χ2n) is 3.57. The Labute approximate surface area is 117 Å². The molecule has 5 heteroatoms. The first-order valence-electron chi connectivity index (χ1n) is 5.23. The molecule has 0 saturated heterocycles. The van der Waals surface area contributed by atoms with Crippen LogP contribution >= 0.6 is 27.3 Å². The van der Waals surface area contributed by atoms with Crippen molar-refractivity contribution >= 4 is 33.2 Å². The number of rotatable bonds is 3. The van der Waals surface area contributed by atoms with Crippen molar-refractivity contribution in [2.45, 2.75) is 6.92 Å². The van der Waals surface area contributed by atoms with Gasteiger partial charge in [-0.3, -0.25) is 0 Å². The van der Waals surface area contributed by atoms with E-state index < -0.39 is 0 Å². The molecule has 0 radical (unpaired) electrons. The van der Waals surface area contributed by atoms with Gasteiger partial charge in [0.1, 0.15) is 5.75 Å². The third-order valence-corrected chi connectivity index (χ3v) is 4.49. The highest BCUT2D eigenvalue weighted by molar-refractivity contribution is 9.11. The lowest BCUT2D eigenvalue weighted by atomic mass is 10.3. The van der Waals surface area contributed by atoms with Gasteiger partial charge in [-0.05, 0) is 35.0 Å². The number of benzene rings is 1. The maximum Gasteiger partial charge on any atom is 0.351 e. The summed E-state index contributed by atoms with van der Waals surface area (Å²) in [4.78, 5) is 12.1. The Morgan fingerprint density at radius 3 is 2.56 bits per heavy atom. The smallest absolute Gasteiger partial charge is 0.351 e. The molecule has 0 bridgehead atoms. The SMILES string of the molecule is COC(=O)c1sc(Br)c(C)c1Oc1ccccc1. The van der Waals surface area contributed by atoms with Crippen LogP contribution in [-0.4, -0.2) is 13.1 Å². The van der Waals surface area contributed by atoms with E-state index in [0.29, 0.717) is 16.4 Å². The molecule has 0 amide bonds. The van der Waals surface area contributed by atoms with Crippen LogP contribution in [-0.2, 0) is 4.74 Å². The molecule has 1 aromatic heterocycles. The predicted octanol–water partition coefficient (Wildman–Crippen LogP) is 4.40. The van der Waals surface area contributed by atoms with Crippen LogP contribution in [0.1, 0.15) is 15.2 Å². The third-order valence-electron chi connectivity index (χ3n) is 2.37. The normalized spacial score (nSPS) is 10.2. The minimum absolute atomic E-state index is 0.389. The molecule has 2 aromatic rings. The predicted molar refractivity (Wildman–Crippen MR) is 74.6 cm³/mol. The zero-order valence-electron chi connectivity index (χ0n) is 9.90. The topological polar surface area (TPSA) is 35.5 Å². The fourth-order valence-corrected chi connectivity index (χ4v) is 2.97. The molecule has 0 atom stereocenters. The van der Waals surface area contributed by atoms with Gasteiger partial charge in [-0.2, -0.15) is 0 Å². The van der Waals surface area contributed by atoms with Crippen LogP contribution in [0.4, 0.5) is 0 Å². The maximum atomic E-state index is 11.7. The number of carbonyl (C=O) groups is 1.